The van der Waals surface area contributed by atoms with Gasteiger partial charge in [0.1, 0.15) is 0 Å². The monoisotopic (exact) mass is 263 g/mol. The first-order valence-electron chi connectivity index (χ1n) is 2.95. The summed E-state index contributed by atoms with van der Waals surface area (Å²) in [6.45, 7) is 0. The van der Waals surface area contributed by atoms with Gasteiger partial charge in [-0.3, -0.25) is 0 Å². The molecule has 1 rings (SSSR count). The van der Waals surface area contributed by atoms with Crippen LogP contribution in [0.15, 0.2) is 30.3 Å². The van der Waals surface area contributed by atoms with E-state index in [1.54, 1.807) is 18.2 Å². The van der Waals surface area contributed by atoms with Gasteiger partial charge in [0.25, 0.3) is 0 Å². The van der Waals surface area contributed by atoms with Crippen LogP contribution in [0, 0.1) is 0 Å². The average molecular weight is 263 g/mol. The summed E-state index contributed by atoms with van der Waals surface area (Å²) in [4.78, 5) is 12.1. The van der Waals surface area contributed by atoms with E-state index in [4.69, 9.17) is 0 Å². The molecular weight excluding hydrogens is 255 g/mol. The first-order valence-corrected chi connectivity index (χ1v) is 5.10. The highest BCUT2D eigenvalue weighted by Crippen LogP contribution is 1.96. The smallest absolute Gasteiger partial charge is 0.242 e. The van der Waals surface area contributed by atoms with Crippen molar-refractivity contribution in [3.05, 3.63) is 35.9 Å². The van der Waals surface area contributed by atoms with Crippen molar-refractivity contribution in [2.75, 3.05) is 4.93 Å². The van der Waals surface area contributed by atoms with Crippen molar-refractivity contribution in [1.29, 1.82) is 0 Å². The maximum absolute atomic E-state index is 10.1. The standard InChI is InChI=1S/C7H5O2.CH3I/c8-7(9)6-4-2-1-3-5-6;1-2/h1-5H;1H3. The predicted molar refractivity (Wildman–Crippen MR) is 51.4 cm³/mol. The maximum atomic E-state index is 10.1. The van der Waals surface area contributed by atoms with Crippen molar-refractivity contribution in [1.82, 2.24) is 0 Å². The molecule has 0 aliphatic heterocycles. The number of carbonyl (C=O) groups excluding carboxylic acids is 1. The lowest BCUT2D eigenvalue weighted by atomic mass is 10.2. The first-order chi connectivity index (χ1) is 5.30. The second-order valence-electron chi connectivity index (χ2n) is 1.65. The number of hydrogen-bond acceptors (Lipinski definition) is 1. The number of halogens is 1. The number of alkyl halides is 1. The van der Waals surface area contributed by atoms with E-state index in [-0.39, 0.29) is 5.56 Å². The van der Waals surface area contributed by atoms with Crippen LogP contribution in [0.4, 0.5) is 0 Å². The van der Waals surface area contributed by atoms with Crippen LogP contribution >= 0.6 is 22.6 Å². The van der Waals surface area contributed by atoms with Crippen molar-refractivity contribution in [3.63, 3.8) is 0 Å². The number of carbonyl (C=O) groups is 1. The molecule has 0 saturated heterocycles. The molecule has 59 valence electrons. The Bertz CT molecular complexity index is 209. The number of rotatable bonds is 1. The van der Waals surface area contributed by atoms with Gasteiger partial charge in [-0.25, -0.2) is 9.90 Å². The molecule has 0 saturated carbocycles. The molecule has 0 unspecified atom stereocenters. The highest BCUT2D eigenvalue weighted by atomic mass is 127. The first kappa shape index (κ1) is 10.4. The van der Waals surface area contributed by atoms with Crippen molar-refractivity contribution in [2.45, 2.75) is 0 Å². The van der Waals surface area contributed by atoms with E-state index in [0.29, 0.717) is 0 Å². The highest BCUT2D eigenvalue weighted by Gasteiger charge is 1.99. The molecule has 0 aliphatic rings. The Morgan fingerprint density at radius 3 is 1.91 bits per heavy atom. The van der Waals surface area contributed by atoms with Crippen LogP contribution in [0.1, 0.15) is 10.4 Å². The molecule has 2 nitrogen and oxygen atoms in total. The molecule has 1 radical (unpaired) electrons. The Hall–Kier alpha value is -0.580. The Morgan fingerprint density at radius 2 is 1.64 bits per heavy atom. The summed E-state index contributed by atoms with van der Waals surface area (Å²) in [5, 5.41) is 10.1. The fraction of sp³-hybridized carbons (Fsp3) is 0.125. The van der Waals surface area contributed by atoms with Crippen LogP contribution in [0.25, 0.3) is 0 Å². The van der Waals surface area contributed by atoms with Gasteiger partial charge in [0.15, 0.2) is 0 Å². The van der Waals surface area contributed by atoms with E-state index in [9.17, 15) is 9.90 Å². The average Bonchev–Trinajstić information content (AvgIpc) is 2.10. The Balaban J connectivity index is 0.000000461. The van der Waals surface area contributed by atoms with Crippen LogP contribution in [0.3, 0.4) is 0 Å². The molecule has 3 heteroatoms. The third kappa shape index (κ3) is 3.98. The molecule has 0 aromatic heterocycles. The van der Waals surface area contributed by atoms with Gasteiger partial charge < -0.3 is 0 Å². The maximum Gasteiger partial charge on any atom is 0.386 e. The summed E-state index contributed by atoms with van der Waals surface area (Å²) < 4.78 is 0. The molecule has 0 atom stereocenters. The predicted octanol–water partition coefficient (Wildman–Crippen LogP) is 2.31. The normalized spacial score (nSPS) is 7.82. The van der Waals surface area contributed by atoms with Gasteiger partial charge in [0, 0.05) is 0 Å². The van der Waals surface area contributed by atoms with Crippen LogP contribution in [-0.2, 0) is 5.11 Å². The van der Waals surface area contributed by atoms with Crippen LogP contribution in [0.5, 0.6) is 0 Å². The second kappa shape index (κ2) is 6.15. The summed E-state index contributed by atoms with van der Waals surface area (Å²) >= 11 is 2.15. The summed E-state index contributed by atoms with van der Waals surface area (Å²) in [5.74, 6) is -1.13. The van der Waals surface area contributed by atoms with Crippen molar-refractivity contribution in [2.24, 2.45) is 0 Å². The van der Waals surface area contributed by atoms with Gasteiger partial charge in [-0.05, 0) is 17.1 Å². The number of hydrogen-bond donors (Lipinski definition) is 0. The summed E-state index contributed by atoms with van der Waals surface area (Å²) in [7, 11) is 0. The van der Waals surface area contributed by atoms with E-state index in [2.05, 4.69) is 22.6 Å². The summed E-state index contributed by atoms with van der Waals surface area (Å²) in [5.41, 5.74) is 0.220. The minimum absolute atomic E-state index is 0.220. The minimum atomic E-state index is -1.13. The molecule has 0 aliphatic carbocycles. The van der Waals surface area contributed by atoms with E-state index < -0.39 is 5.97 Å². The molecular formula is C8H8IO2. The molecule has 1 aromatic carbocycles. The van der Waals surface area contributed by atoms with Crippen LogP contribution < -0.4 is 0 Å². The molecule has 0 bridgehead atoms. The fourth-order valence-corrected chi connectivity index (χ4v) is 0.574. The molecule has 0 N–H and O–H groups in total. The SMILES string of the molecule is CI.[O]C(=O)c1ccccc1. The third-order valence-corrected chi connectivity index (χ3v) is 1.01. The summed E-state index contributed by atoms with van der Waals surface area (Å²) in [6.07, 6.45) is 0. The van der Waals surface area contributed by atoms with Crippen LogP contribution in [0.2, 0.25) is 0 Å². The molecule has 1 aromatic rings. The minimum Gasteiger partial charge on any atom is -0.242 e. The lowest BCUT2D eigenvalue weighted by Gasteiger charge is -1.85. The van der Waals surface area contributed by atoms with Gasteiger partial charge in [-0.2, -0.15) is 0 Å². The topological polar surface area (TPSA) is 37.0 Å². The zero-order valence-electron chi connectivity index (χ0n) is 6.08. The van der Waals surface area contributed by atoms with E-state index >= 15 is 0 Å². The van der Waals surface area contributed by atoms with Crippen molar-refractivity contribution < 1.29 is 9.90 Å². The largest absolute Gasteiger partial charge is 0.386 e. The molecule has 0 amide bonds. The van der Waals surface area contributed by atoms with Gasteiger partial charge in [-0.1, -0.05) is 40.8 Å². The third-order valence-electron chi connectivity index (χ3n) is 1.01. The quantitative estimate of drug-likeness (QED) is 0.565. The second-order valence-corrected chi connectivity index (χ2v) is 1.65. The van der Waals surface area contributed by atoms with Crippen molar-refractivity contribution >= 4 is 28.6 Å². The molecule has 11 heavy (non-hydrogen) atoms. The number of benzene rings is 1. The lowest BCUT2D eigenvalue weighted by Crippen LogP contribution is -1.91. The zero-order valence-corrected chi connectivity index (χ0v) is 8.24. The Kier molecular flexibility index (Phi) is 5.83. The fourth-order valence-electron chi connectivity index (χ4n) is 0.574. The molecule has 0 heterocycles. The molecule has 0 fully saturated rings. The van der Waals surface area contributed by atoms with Gasteiger partial charge in [0.2, 0.25) is 0 Å². The van der Waals surface area contributed by atoms with E-state index in [1.807, 2.05) is 4.93 Å². The van der Waals surface area contributed by atoms with Crippen molar-refractivity contribution in [3.8, 4) is 0 Å². The van der Waals surface area contributed by atoms with Gasteiger partial charge >= 0.3 is 5.97 Å². The highest BCUT2D eigenvalue weighted by molar-refractivity contribution is 14.1. The Labute approximate surface area is 79.4 Å². The summed E-state index contributed by atoms with van der Waals surface area (Å²) in [6, 6.07) is 8.06. The van der Waals surface area contributed by atoms with Gasteiger partial charge in [0.05, 0.1) is 5.56 Å². The lowest BCUT2D eigenvalue weighted by molar-refractivity contribution is 0.0573. The van der Waals surface area contributed by atoms with E-state index in [1.165, 1.54) is 12.1 Å². The van der Waals surface area contributed by atoms with Gasteiger partial charge in [-0.15, -0.1) is 0 Å². The zero-order chi connectivity index (χ0) is 8.69. The molecule has 0 spiro atoms. The van der Waals surface area contributed by atoms with Crippen LogP contribution in [-0.4, -0.2) is 10.9 Å². The van der Waals surface area contributed by atoms with E-state index in [0.717, 1.165) is 0 Å². The Morgan fingerprint density at radius 1 is 1.18 bits per heavy atom.